The number of allylic oxidation sites excluding steroid dienone is 1. The van der Waals surface area contributed by atoms with Gasteiger partial charge >= 0.3 is 0 Å². The van der Waals surface area contributed by atoms with Gasteiger partial charge in [-0.25, -0.2) is 9.07 Å². The van der Waals surface area contributed by atoms with Crippen molar-refractivity contribution in [2.24, 2.45) is 0 Å². The fourth-order valence-corrected chi connectivity index (χ4v) is 3.92. The van der Waals surface area contributed by atoms with Crippen molar-refractivity contribution in [2.75, 3.05) is 7.11 Å². The van der Waals surface area contributed by atoms with Gasteiger partial charge in [-0.3, -0.25) is 4.79 Å². The molecule has 1 N–H and O–H groups in total. The number of benzene rings is 2. The van der Waals surface area contributed by atoms with Gasteiger partial charge < -0.3 is 10.1 Å². The predicted octanol–water partition coefficient (Wildman–Crippen LogP) is 6.10. The van der Waals surface area contributed by atoms with Gasteiger partial charge in [0.2, 0.25) is 0 Å². The van der Waals surface area contributed by atoms with Crippen LogP contribution in [0.5, 0.6) is 5.75 Å². The fraction of sp³-hybridized carbons (Fsp3) is 0.200. The molecule has 0 aliphatic heterocycles. The Labute approximate surface area is 195 Å². The Kier molecular flexibility index (Phi) is 7.64. The zero-order chi connectivity index (χ0) is 23.3. The molecular formula is C25H25BrFN3O2. The maximum absolute atomic E-state index is 13.3. The van der Waals surface area contributed by atoms with E-state index < -0.39 is 0 Å². The topological polar surface area (TPSA) is 56.1 Å². The second-order valence-corrected chi connectivity index (χ2v) is 7.92. The van der Waals surface area contributed by atoms with Crippen LogP contribution in [0.1, 0.15) is 43.1 Å². The number of carbonyl (C=O) groups is 1. The monoisotopic (exact) mass is 497 g/mol. The van der Waals surface area contributed by atoms with Crippen molar-refractivity contribution in [3.8, 4) is 11.4 Å². The van der Waals surface area contributed by atoms with Crippen LogP contribution in [-0.2, 0) is 4.79 Å². The molecule has 0 saturated carbocycles. The van der Waals surface area contributed by atoms with Crippen molar-refractivity contribution in [3.63, 3.8) is 0 Å². The Balaban J connectivity index is 1.90. The summed E-state index contributed by atoms with van der Waals surface area (Å²) >= 11 is 3.46. The quantitative estimate of drug-likeness (QED) is 0.382. The summed E-state index contributed by atoms with van der Waals surface area (Å²) in [6.45, 7) is 7.70. The number of ether oxygens (including phenoxy) is 1. The molecule has 0 spiro atoms. The van der Waals surface area contributed by atoms with Gasteiger partial charge in [0.25, 0.3) is 5.91 Å². The van der Waals surface area contributed by atoms with Crippen LogP contribution in [0.25, 0.3) is 17.3 Å². The highest BCUT2D eigenvalue weighted by Gasteiger charge is 2.22. The maximum atomic E-state index is 13.3. The summed E-state index contributed by atoms with van der Waals surface area (Å²) < 4.78 is 21.2. The van der Waals surface area contributed by atoms with Gasteiger partial charge in [0.1, 0.15) is 11.6 Å². The summed E-state index contributed by atoms with van der Waals surface area (Å²) in [4.78, 5) is 13.3. The molecule has 5 nitrogen and oxygen atoms in total. The lowest BCUT2D eigenvalue weighted by Gasteiger charge is -2.20. The highest BCUT2D eigenvalue weighted by atomic mass is 79.9. The molecule has 0 radical (unpaired) electrons. The van der Waals surface area contributed by atoms with Crippen LogP contribution in [0, 0.1) is 5.82 Å². The minimum atomic E-state index is -0.329. The van der Waals surface area contributed by atoms with Crippen molar-refractivity contribution in [1.29, 1.82) is 0 Å². The number of halogens is 2. The average Bonchev–Trinajstić information content (AvgIpc) is 3.22. The Bertz CT molecular complexity index is 1150. The van der Waals surface area contributed by atoms with Crippen LogP contribution in [0.4, 0.5) is 4.39 Å². The molecule has 0 aliphatic rings. The summed E-state index contributed by atoms with van der Waals surface area (Å²) in [6, 6.07) is 11.6. The zero-order valence-corrected chi connectivity index (χ0v) is 19.8. The number of rotatable bonds is 8. The smallest absolute Gasteiger partial charge is 0.252 e. The number of amides is 1. The Morgan fingerprint density at radius 2 is 2.03 bits per heavy atom. The molecule has 166 valence electrons. The molecule has 1 atom stereocenters. The molecule has 2 aromatic carbocycles. The summed E-state index contributed by atoms with van der Waals surface area (Å²) in [5.41, 5.74) is 3.40. The van der Waals surface area contributed by atoms with Gasteiger partial charge in [0.05, 0.1) is 35.2 Å². The molecule has 3 aromatic rings. The Hall–Kier alpha value is -3.19. The van der Waals surface area contributed by atoms with Crippen molar-refractivity contribution in [2.45, 2.75) is 26.3 Å². The number of nitrogens with one attached hydrogen (secondary N) is 1. The van der Waals surface area contributed by atoms with E-state index in [1.54, 1.807) is 49.2 Å². The van der Waals surface area contributed by atoms with Crippen LogP contribution in [-0.4, -0.2) is 22.8 Å². The molecule has 0 aliphatic carbocycles. The summed E-state index contributed by atoms with van der Waals surface area (Å²) in [5.74, 6) is 0.156. The van der Waals surface area contributed by atoms with Gasteiger partial charge in [0, 0.05) is 11.1 Å². The largest absolute Gasteiger partial charge is 0.496 e. The Morgan fingerprint density at radius 3 is 2.62 bits per heavy atom. The minimum absolute atomic E-state index is 0.196. The number of carbonyl (C=O) groups excluding carboxylic acids is 1. The molecule has 1 heterocycles. The van der Waals surface area contributed by atoms with Crippen LogP contribution >= 0.6 is 15.9 Å². The second kappa shape index (κ2) is 10.4. The minimum Gasteiger partial charge on any atom is -0.496 e. The highest BCUT2D eigenvalue weighted by molar-refractivity contribution is 9.10. The number of hydrogen-bond acceptors (Lipinski definition) is 3. The summed E-state index contributed by atoms with van der Waals surface area (Å²) in [7, 11) is 1.61. The van der Waals surface area contributed by atoms with E-state index >= 15 is 0 Å². The third-order valence-corrected chi connectivity index (χ3v) is 5.84. The summed E-state index contributed by atoms with van der Waals surface area (Å²) in [6.07, 6.45) is 5.72. The van der Waals surface area contributed by atoms with E-state index in [1.165, 1.54) is 12.1 Å². The number of hydrogen-bond donors (Lipinski definition) is 1. The lowest BCUT2D eigenvalue weighted by molar-refractivity contribution is -0.116. The SMILES string of the molecule is C=Cc1c(/C(=C\C)C(=O)NC(CC)c2ccc(Br)c(OC)c2)cnn1-c1ccc(F)cc1. The molecule has 1 amide bonds. The predicted molar refractivity (Wildman–Crippen MR) is 129 cm³/mol. The van der Waals surface area contributed by atoms with Gasteiger partial charge in [-0.1, -0.05) is 25.6 Å². The van der Waals surface area contributed by atoms with Crippen molar-refractivity contribution < 1.29 is 13.9 Å². The first-order chi connectivity index (χ1) is 15.4. The van der Waals surface area contributed by atoms with Gasteiger partial charge in [-0.15, -0.1) is 0 Å². The van der Waals surface area contributed by atoms with Crippen LogP contribution < -0.4 is 10.1 Å². The number of nitrogens with zero attached hydrogens (tertiary/aromatic N) is 2. The molecule has 1 aromatic heterocycles. The first-order valence-electron chi connectivity index (χ1n) is 10.2. The first-order valence-corrected chi connectivity index (χ1v) is 11.0. The average molecular weight is 498 g/mol. The van der Waals surface area contributed by atoms with Gasteiger partial charge in [-0.05, 0) is 77.3 Å². The lowest BCUT2D eigenvalue weighted by atomic mass is 10.0. The van der Waals surface area contributed by atoms with Crippen molar-refractivity contribution in [1.82, 2.24) is 15.1 Å². The molecular weight excluding hydrogens is 473 g/mol. The lowest BCUT2D eigenvalue weighted by Crippen LogP contribution is -2.29. The van der Waals surface area contributed by atoms with Gasteiger partial charge in [-0.2, -0.15) is 5.10 Å². The van der Waals surface area contributed by atoms with Crippen molar-refractivity contribution in [3.05, 3.63) is 88.4 Å². The summed E-state index contributed by atoms with van der Waals surface area (Å²) in [5, 5.41) is 7.52. The normalized spacial score (nSPS) is 12.3. The molecule has 7 heteroatoms. The number of aromatic nitrogens is 2. The van der Waals surface area contributed by atoms with Crippen LogP contribution in [0.3, 0.4) is 0 Å². The molecule has 0 bridgehead atoms. The molecule has 0 saturated heterocycles. The third kappa shape index (κ3) is 4.83. The van der Waals surface area contributed by atoms with E-state index in [1.807, 2.05) is 25.1 Å². The van der Waals surface area contributed by atoms with Crippen LogP contribution in [0.15, 0.2) is 65.8 Å². The highest BCUT2D eigenvalue weighted by Crippen LogP contribution is 2.30. The van der Waals surface area contributed by atoms with Crippen molar-refractivity contribution >= 4 is 33.5 Å². The third-order valence-electron chi connectivity index (χ3n) is 5.19. The van der Waals surface area contributed by atoms with E-state index in [0.717, 1.165) is 10.0 Å². The molecule has 32 heavy (non-hydrogen) atoms. The van der Waals surface area contributed by atoms with Crippen LogP contribution in [0.2, 0.25) is 0 Å². The molecule has 3 rings (SSSR count). The van der Waals surface area contributed by atoms with E-state index in [0.29, 0.717) is 34.7 Å². The maximum Gasteiger partial charge on any atom is 0.252 e. The zero-order valence-electron chi connectivity index (χ0n) is 18.2. The first kappa shape index (κ1) is 23.5. The second-order valence-electron chi connectivity index (χ2n) is 7.07. The van der Waals surface area contributed by atoms with E-state index in [4.69, 9.17) is 4.74 Å². The standard InChI is InChI=1S/C25H25BrFN3O2/c1-5-19(20-15-28-30(23(20)7-3)18-11-9-17(27)10-12-18)25(31)29-22(6-2)16-8-13-21(26)24(14-16)32-4/h5,7-15,22H,3,6H2,1-2,4H3,(H,29,31)/b19-5+. The van der Waals surface area contributed by atoms with Gasteiger partial charge in [0.15, 0.2) is 0 Å². The molecule has 0 fully saturated rings. The van der Waals surface area contributed by atoms with E-state index in [9.17, 15) is 9.18 Å². The van der Waals surface area contributed by atoms with E-state index in [2.05, 4.69) is 32.9 Å². The fourth-order valence-electron chi connectivity index (χ4n) is 3.51. The Morgan fingerprint density at radius 1 is 1.31 bits per heavy atom. The van der Waals surface area contributed by atoms with E-state index in [-0.39, 0.29) is 17.8 Å². The molecule has 1 unspecified atom stereocenters. The number of methoxy groups -OCH3 is 1.